The largest absolute Gasteiger partial charge is 0.349 e. The number of carbonyl (C=O) groups is 1. The van der Waals surface area contributed by atoms with Gasteiger partial charge in [-0.15, -0.1) is 0 Å². The second kappa shape index (κ2) is 5.21. The van der Waals surface area contributed by atoms with Gasteiger partial charge in [-0.25, -0.2) is 0 Å². The van der Waals surface area contributed by atoms with E-state index in [1.54, 1.807) is 0 Å². The van der Waals surface area contributed by atoms with Crippen molar-refractivity contribution < 1.29 is 4.79 Å². The first-order valence-corrected chi connectivity index (χ1v) is 7.93. The maximum atomic E-state index is 12.2. The highest BCUT2D eigenvalue weighted by Crippen LogP contribution is 2.29. The van der Waals surface area contributed by atoms with Crippen LogP contribution in [0.4, 0.5) is 0 Å². The molecule has 2 aromatic rings. The van der Waals surface area contributed by atoms with Gasteiger partial charge < -0.3 is 9.88 Å². The Bertz CT molecular complexity index is 678. The Kier molecular flexibility index (Phi) is 3.52. The molecule has 112 valence electrons. The van der Waals surface area contributed by atoms with Gasteiger partial charge in [-0.2, -0.15) is 0 Å². The van der Waals surface area contributed by atoms with E-state index in [4.69, 9.17) is 0 Å². The molecular weight excluding hydrogens is 260 g/mol. The summed E-state index contributed by atoms with van der Waals surface area (Å²) in [6, 6.07) is 9.09. The molecule has 1 aliphatic carbocycles. The van der Waals surface area contributed by atoms with Gasteiger partial charge in [0, 0.05) is 28.9 Å². The van der Waals surface area contributed by atoms with Crippen LogP contribution in [-0.4, -0.2) is 16.5 Å². The molecule has 21 heavy (non-hydrogen) atoms. The number of amides is 1. The molecule has 0 aliphatic heterocycles. The summed E-state index contributed by atoms with van der Waals surface area (Å²) < 4.78 is 2.36. The van der Waals surface area contributed by atoms with E-state index in [9.17, 15) is 4.79 Å². The Balaban J connectivity index is 2.06. The smallest absolute Gasteiger partial charge is 0.251 e. The van der Waals surface area contributed by atoms with E-state index in [0.29, 0.717) is 18.0 Å². The minimum absolute atomic E-state index is 0.0574. The third kappa shape index (κ3) is 2.69. The first-order chi connectivity index (χ1) is 9.97. The molecule has 0 bridgehead atoms. The Hall–Kier alpha value is -1.77. The quantitative estimate of drug-likeness (QED) is 0.895. The fourth-order valence-corrected chi connectivity index (χ4v) is 2.90. The van der Waals surface area contributed by atoms with Gasteiger partial charge >= 0.3 is 0 Å². The second-order valence-corrected chi connectivity index (χ2v) is 6.71. The standard InChI is InChI=1S/C18H24N2O/c1-11(2)16-9-13-5-6-14(18(21)19-15-7-8-15)10-17(13)20(16)12(3)4/h5-6,9-12,15H,7-8H2,1-4H3,(H,19,21). The number of hydrogen-bond donors (Lipinski definition) is 1. The minimum Gasteiger partial charge on any atom is -0.349 e. The van der Waals surface area contributed by atoms with Crippen molar-refractivity contribution in [3.05, 3.63) is 35.5 Å². The minimum atomic E-state index is 0.0574. The Morgan fingerprint density at radius 1 is 1.19 bits per heavy atom. The highest BCUT2D eigenvalue weighted by atomic mass is 16.1. The zero-order valence-corrected chi connectivity index (χ0v) is 13.3. The number of nitrogens with zero attached hydrogens (tertiary/aromatic N) is 1. The highest BCUT2D eigenvalue weighted by Gasteiger charge is 2.24. The summed E-state index contributed by atoms with van der Waals surface area (Å²) in [6.07, 6.45) is 2.24. The van der Waals surface area contributed by atoms with Crippen LogP contribution in [-0.2, 0) is 0 Å². The summed E-state index contributed by atoms with van der Waals surface area (Å²) >= 11 is 0. The molecule has 0 atom stereocenters. The molecule has 0 spiro atoms. The predicted molar refractivity (Wildman–Crippen MR) is 86.9 cm³/mol. The fraction of sp³-hybridized carbons (Fsp3) is 0.500. The molecule has 3 heteroatoms. The zero-order chi connectivity index (χ0) is 15.1. The molecule has 0 radical (unpaired) electrons. The maximum absolute atomic E-state index is 12.2. The summed E-state index contributed by atoms with van der Waals surface area (Å²) in [5.41, 5.74) is 3.27. The van der Waals surface area contributed by atoms with Crippen molar-refractivity contribution in [1.82, 2.24) is 9.88 Å². The molecule has 0 saturated heterocycles. The molecule has 1 fully saturated rings. The SMILES string of the molecule is CC(C)c1cc2ccc(C(=O)NC3CC3)cc2n1C(C)C. The first kappa shape index (κ1) is 14.2. The van der Waals surface area contributed by atoms with Gasteiger partial charge in [-0.3, -0.25) is 4.79 Å². The molecule has 1 aromatic carbocycles. The van der Waals surface area contributed by atoms with Crippen molar-refractivity contribution in [2.75, 3.05) is 0 Å². The third-order valence-electron chi connectivity index (χ3n) is 4.15. The number of fused-ring (bicyclic) bond motifs is 1. The highest BCUT2D eigenvalue weighted by molar-refractivity contribution is 5.98. The lowest BCUT2D eigenvalue weighted by Gasteiger charge is -2.17. The fourth-order valence-electron chi connectivity index (χ4n) is 2.90. The van der Waals surface area contributed by atoms with Crippen LogP contribution in [0.1, 0.15) is 68.5 Å². The molecule has 1 amide bonds. The second-order valence-electron chi connectivity index (χ2n) is 6.71. The van der Waals surface area contributed by atoms with Crippen molar-refractivity contribution >= 4 is 16.8 Å². The van der Waals surface area contributed by atoms with Crippen LogP contribution in [0.3, 0.4) is 0 Å². The van der Waals surface area contributed by atoms with Crippen LogP contribution in [0, 0.1) is 0 Å². The Morgan fingerprint density at radius 2 is 1.90 bits per heavy atom. The zero-order valence-electron chi connectivity index (χ0n) is 13.3. The van der Waals surface area contributed by atoms with E-state index >= 15 is 0 Å². The van der Waals surface area contributed by atoms with E-state index < -0.39 is 0 Å². The monoisotopic (exact) mass is 284 g/mol. The lowest BCUT2D eigenvalue weighted by atomic mass is 10.1. The molecule has 3 nitrogen and oxygen atoms in total. The lowest BCUT2D eigenvalue weighted by molar-refractivity contribution is 0.0951. The van der Waals surface area contributed by atoms with Gasteiger partial charge in [0.15, 0.2) is 0 Å². The van der Waals surface area contributed by atoms with Crippen LogP contribution >= 0.6 is 0 Å². The number of carbonyl (C=O) groups excluding carboxylic acids is 1. The van der Waals surface area contributed by atoms with Gasteiger partial charge in [-0.05, 0) is 56.2 Å². The normalized spacial score (nSPS) is 15.1. The number of hydrogen-bond acceptors (Lipinski definition) is 1. The van der Waals surface area contributed by atoms with Crippen molar-refractivity contribution in [3.8, 4) is 0 Å². The molecule has 1 N–H and O–H groups in total. The summed E-state index contributed by atoms with van der Waals surface area (Å²) in [5.74, 6) is 0.533. The Morgan fingerprint density at radius 3 is 2.48 bits per heavy atom. The molecule has 1 aromatic heterocycles. The van der Waals surface area contributed by atoms with Crippen LogP contribution in [0.5, 0.6) is 0 Å². The maximum Gasteiger partial charge on any atom is 0.251 e. The first-order valence-electron chi connectivity index (χ1n) is 7.93. The third-order valence-corrected chi connectivity index (χ3v) is 4.15. The molecule has 1 saturated carbocycles. The van der Waals surface area contributed by atoms with Crippen molar-refractivity contribution in [2.45, 2.75) is 58.5 Å². The molecule has 3 rings (SSSR count). The van der Waals surface area contributed by atoms with Crippen LogP contribution < -0.4 is 5.32 Å². The number of nitrogens with one attached hydrogen (secondary N) is 1. The Labute approximate surface area is 126 Å². The van der Waals surface area contributed by atoms with Crippen LogP contribution in [0.25, 0.3) is 10.9 Å². The number of benzene rings is 1. The van der Waals surface area contributed by atoms with Crippen molar-refractivity contribution in [2.24, 2.45) is 0 Å². The van der Waals surface area contributed by atoms with E-state index in [2.05, 4.69) is 49.7 Å². The number of aromatic nitrogens is 1. The lowest BCUT2D eigenvalue weighted by Crippen LogP contribution is -2.25. The van der Waals surface area contributed by atoms with Crippen LogP contribution in [0.2, 0.25) is 0 Å². The predicted octanol–water partition coefficient (Wildman–Crippen LogP) is 4.24. The van der Waals surface area contributed by atoms with Crippen molar-refractivity contribution in [3.63, 3.8) is 0 Å². The average Bonchev–Trinajstić information content (AvgIpc) is 3.14. The summed E-state index contributed by atoms with van der Waals surface area (Å²) in [7, 11) is 0. The van der Waals surface area contributed by atoms with E-state index in [1.807, 2.05) is 12.1 Å². The van der Waals surface area contributed by atoms with Gasteiger partial charge in [0.1, 0.15) is 0 Å². The summed E-state index contributed by atoms with van der Waals surface area (Å²) in [6.45, 7) is 8.83. The summed E-state index contributed by atoms with van der Waals surface area (Å²) in [5, 5.41) is 4.28. The molecular formula is C18H24N2O. The van der Waals surface area contributed by atoms with Gasteiger partial charge in [-0.1, -0.05) is 19.9 Å². The topological polar surface area (TPSA) is 34.0 Å². The summed E-state index contributed by atoms with van der Waals surface area (Å²) in [4.78, 5) is 12.2. The van der Waals surface area contributed by atoms with Gasteiger partial charge in [0.2, 0.25) is 0 Å². The van der Waals surface area contributed by atoms with Crippen LogP contribution in [0.15, 0.2) is 24.3 Å². The van der Waals surface area contributed by atoms with Crippen molar-refractivity contribution in [1.29, 1.82) is 0 Å². The molecule has 1 heterocycles. The average molecular weight is 284 g/mol. The number of rotatable bonds is 4. The van der Waals surface area contributed by atoms with E-state index in [0.717, 1.165) is 23.9 Å². The van der Waals surface area contributed by atoms with E-state index in [-0.39, 0.29) is 5.91 Å². The molecule has 0 unspecified atom stereocenters. The molecule has 1 aliphatic rings. The van der Waals surface area contributed by atoms with Gasteiger partial charge in [0.25, 0.3) is 5.91 Å². The van der Waals surface area contributed by atoms with Gasteiger partial charge in [0.05, 0.1) is 0 Å². The van der Waals surface area contributed by atoms with E-state index in [1.165, 1.54) is 11.1 Å².